The molecule has 5 heteroatoms. The van der Waals surface area contributed by atoms with Crippen LogP contribution >= 0.6 is 0 Å². The first kappa shape index (κ1) is 14.8. The highest BCUT2D eigenvalue weighted by atomic mass is 19.4. The van der Waals surface area contributed by atoms with Gasteiger partial charge in [-0.25, -0.2) is 0 Å². The van der Waals surface area contributed by atoms with E-state index in [1.807, 2.05) is 6.92 Å². The average molecular weight is 262 g/mol. The summed E-state index contributed by atoms with van der Waals surface area (Å²) in [6.45, 7) is 1.91. The van der Waals surface area contributed by atoms with Gasteiger partial charge in [0.1, 0.15) is 5.75 Å². The molecule has 0 saturated heterocycles. The highest BCUT2D eigenvalue weighted by molar-refractivity contribution is 5.27. The summed E-state index contributed by atoms with van der Waals surface area (Å²) in [7, 11) is 0. The minimum Gasteiger partial charge on any atom is -0.406 e. The Balaban J connectivity index is 2.41. The number of aliphatic hydroxyl groups is 1. The lowest BCUT2D eigenvalue weighted by molar-refractivity contribution is -0.274. The Bertz CT molecular complexity index is 346. The zero-order valence-electron chi connectivity index (χ0n) is 10.2. The maximum absolute atomic E-state index is 11.9. The van der Waals surface area contributed by atoms with Crippen molar-refractivity contribution in [3.8, 4) is 5.75 Å². The molecule has 0 aliphatic heterocycles. The second-order valence-electron chi connectivity index (χ2n) is 4.15. The fourth-order valence-corrected chi connectivity index (χ4v) is 1.60. The second kappa shape index (κ2) is 6.64. The van der Waals surface area contributed by atoms with Gasteiger partial charge in [0.2, 0.25) is 0 Å². The minimum atomic E-state index is -4.65. The number of aliphatic hydroxyl groups excluding tert-OH is 1. The molecule has 0 aliphatic carbocycles. The van der Waals surface area contributed by atoms with E-state index >= 15 is 0 Å². The number of aryl methyl sites for hydroxylation is 1. The summed E-state index contributed by atoms with van der Waals surface area (Å²) in [6, 6.07) is 5.83. The molecule has 0 saturated carbocycles. The van der Waals surface area contributed by atoms with Gasteiger partial charge in [0, 0.05) is 0 Å². The Labute approximate surface area is 104 Å². The number of rotatable bonds is 6. The van der Waals surface area contributed by atoms with Crippen LogP contribution in [0.3, 0.4) is 0 Å². The fourth-order valence-electron chi connectivity index (χ4n) is 1.60. The normalized spacial score (nSPS) is 13.4. The predicted molar refractivity (Wildman–Crippen MR) is 62.4 cm³/mol. The topological polar surface area (TPSA) is 29.5 Å². The van der Waals surface area contributed by atoms with E-state index in [1.165, 1.54) is 12.1 Å². The maximum Gasteiger partial charge on any atom is 0.573 e. The molecule has 1 N–H and O–H groups in total. The second-order valence-corrected chi connectivity index (χ2v) is 4.15. The van der Waals surface area contributed by atoms with E-state index in [2.05, 4.69) is 4.74 Å². The maximum atomic E-state index is 11.9. The van der Waals surface area contributed by atoms with Crippen molar-refractivity contribution in [3.63, 3.8) is 0 Å². The van der Waals surface area contributed by atoms with Crippen molar-refractivity contribution in [1.82, 2.24) is 0 Å². The van der Waals surface area contributed by atoms with Crippen LogP contribution in [-0.2, 0) is 6.42 Å². The van der Waals surface area contributed by atoms with Crippen molar-refractivity contribution in [1.29, 1.82) is 0 Å². The van der Waals surface area contributed by atoms with Gasteiger partial charge in [0.25, 0.3) is 0 Å². The monoisotopic (exact) mass is 262 g/mol. The Morgan fingerprint density at radius 2 is 1.83 bits per heavy atom. The lowest BCUT2D eigenvalue weighted by Crippen LogP contribution is -2.17. The third kappa shape index (κ3) is 5.91. The summed E-state index contributed by atoms with van der Waals surface area (Å²) in [6.07, 6.45) is -1.96. The number of ether oxygens (including phenoxy) is 1. The zero-order valence-corrected chi connectivity index (χ0v) is 10.2. The zero-order chi connectivity index (χ0) is 13.6. The molecule has 0 bridgehead atoms. The third-order valence-electron chi connectivity index (χ3n) is 2.63. The predicted octanol–water partition coefficient (Wildman–Crippen LogP) is 3.68. The Hall–Kier alpha value is -1.23. The average Bonchev–Trinajstić information content (AvgIpc) is 2.29. The van der Waals surface area contributed by atoms with Crippen LogP contribution in [0.5, 0.6) is 5.75 Å². The van der Waals surface area contributed by atoms with Crippen molar-refractivity contribution >= 4 is 0 Å². The van der Waals surface area contributed by atoms with E-state index in [1.54, 1.807) is 12.1 Å². The lowest BCUT2D eigenvalue weighted by atomic mass is 10.0. The lowest BCUT2D eigenvalue weighted by Gasteiger charge is -2.10. The van der Waals surface area contributed by atoms with Crippen molar-refractivity contribution in [2.75, 3.05) is 0 Å². The molecule has 0 heterocycles. The highest BCUT2D eigenvalue weighted by Crippen LogP contribution is 2.23. The standard InChI is InChI=1S/C13H17F3O2/c1-2-11(17)5-3-4-10-6-8-12(9-7-10)18-13(14,15)16/h6-9,11,17H,2-5H2,1H3. The quantitative estimate of drug-likeness (QED) is 0.847. The van der Waals surface area contributed by atoms with Gasteiger partial charge in [-0.15, -0.1) is 13.2 Å². The van der Waals surface area contributed by atoms with Gasteiger partial charge in [-0.1, -0.05) is 19.1 Å². The number of alkyl halides is 3. The van der Waals surface area contributed by atoms with Crippen molar-refractivity contribution < 1.29 is 23.0 Å². The summed E-state index contributed by atoms with van der Waals surface area (Å²) < 4.78 is 39.5. The number of halogens is 3. The van der Waals surface area contributed by atoms with Gasteiger partial charge >= 0.3 is 6.36 Å². The van der Waals surface area contributed by atoms with Crippen LogP contribution in [0.15, 0.2) is 24.3 Å². The van der Waals surface area contributed by atoms with Crippen molar-refractivity contribution in [2.24, 2.45) is 0 Å². The third-order valence-corrected chi connectivity index (χ3v) is 2.63. The molecule has 0 aliphatic rings. The largest absolute Gasteiger partial charge is 0.573 e. The van der Waals surface area contributed by atoms with Crippen LogP contribution in [0.1, 0.15) is 31.7 Å². The molecule has 18 heavy (non-hydrogen) atoms. The minimum absolute atomic E-state index is 0.208. The van der Waals surface area contributed by atoms with E-state index in [9.17, 15) is 18.3 Å². The number of hydrogen-bond acceptors (Lipinski definition) is 2. The van der Waals surface area contributed by atoms with Crippen LogP contribution in [0.25, 0.3) is 0 Å². The van der Waals surface area contributed by atoms with Crippen LogP contribution in [0.4, 0.5) is 13.2 Å². The van der Waals surface area contributed by atoms with E-state index in [4.69, 9.17) is 0 Å². The van der Waals surface area contributed by atoms with Gasteiger partial charge in [-0.05, 0) is 43.4 Å². The first-order valence-corrected chi connectivity index (χ1v) is 5.93. The highest BCUT2D eigenvalue weighted by Gasteiger charge is 2.30. The smallest absolute Gasteiger partial charge is 0.406 e. The van der Waals surface area contributed by atoms with E-state index in [-0.39, 0.29) is 11.9 Å². The van der Waals surface area contributed by atoms with Gasteiger partial charge < -0.3 is 9.84 Å². The van der Waals surface area contributed by atoms with Gasteiger partial charge in [-0.2, -0.15) is 0 Å². The van der Waals surface area contributed by atoms with Crippen LogP contribution in [-0.4, -0.2) is 17.6 Å². The number of benzene rings is 1. The molecule has 0 aromatic heterocycles. The first-order chi connectivity index (χ1) is 8.40. The Kier molecular flexibility index (Phi) is 5.47. The van der Waals surface area contributed by atoms with Gasteiger partial charge in [-0.3, -0.25) is 0 Å². The number of hydrogen-bond donors (Lipinski definition) is 1. The van der Waals surface area contributed by atoms with E-state index in [0.29, 0.717) is 6.42 Å². The molecule has 1 unspecified atom stereocenters. The van der Waals surface area contributed by atoms with Crippen LogP contribution < -0.4 is 4.74 Å². The molecule has 1 rings (SSSR count). The SMILES string of the molecule is CCC(O)CCCc1ccc(OC(F)(F)F)cc1. The Morgan fingerprint density at radius 1 is 1.22 bits per heavy atom. The summed E-state index contributed by atoms with van der Waals surface area (Å²) in [4.78, 5) is 0. The first-order valence-electron chi connectivity index (χ1n) is 5.93. The molecule has 1 aromatic rings. The Morgan fingerprint density at radius 3 is 2.33 bits per heavy atom. The summed E-state index contributed by atoms with van der Waals surface area (Å²) in [5, 5.41) is 9.36. The summed E-state index contributed by atoms with van der Waals surface area (Å²) in [5.41, 5.74) is 0.938. The molecule has 0 spiro atoms. The van der Waals surface area contributed by atoms with E-state index in [0.717, 1.165) is 24.8 Å². The molecule has 0 amide bonds. The van der Waals surface area contributed by atoms with Crippen molar-refractivity contribution in [2.45, 2.75) is 45.1 Å². The molecular formula is C13H17F3O2. The molecule has 0 fully saturated rings. The van der Waals surface area contributed by atoms with Gasteiger partial charge in [0.05, 0.1) is 6.10 Å². The molecule has 2 nitrogen and oxygen atoms in total. The summed E-state index contributed by atoms with van der Waals surface area (Å²) in [5.74, 6) is -0.208. The molecule has 102 valence electrons. The molecule has 1 aromatic carbocycles. The molecule has 1 atom stereocenters. The summed E-state index contributed by atoms with van der Waals surface area (Å²) >= 11 is 0. The molecule has 0 radical (unpaired) electrons. The van der Waals surface area contributed by atoms with Crippen molar-refractivity contribution in [3.05, 3.63) is 29.8 Å². The van der Waals surface area contributed by atoms with Crippen LogP contribution in [0.2, 0.25) is 0 Å². The van der Waals surface area contributed by atoms with Crippen LogP contribution in [0, 0.1) is 0 Å². The molecular weight excluding hydrogens is 245 g/mol. The van der Waals surface area contributed by atoms with E-state index < -0.39 is 6.36 Å². The van der Waals surface area contributed by atoms with Gasteiger partial charge in [0.15, 0.2) is 0 Å². The fraction of sp³-hybridized carbons (Fsp3) is 0.538.